The zero-order chi connectivity index (χ0) is 14.8. The van der Waals surface area contributed by atoms with Gasteiger partial charge in [0.2, 0.25) is 0 Å². The lowest BCUT2D eigenvalue weighted by Crippen LogP contribution is -2.32. The van der Waals surface area contributed by atoms with E-state index < -0.39 is 24.6 Å². The Morgan fingerprint density at radius 1 is 1.19 bits per heavy atom. The Morgan fingerprint density at radius 3 is 2.67 bits per heavy atom. The minimum Gasteiger partial charge on any atom is -0.387 e. The van der Waals surface area contributed by atoms with Crippen LogP contribution in [0.25, 0.3) is 11.3 Å². The van der Waals surface area contributed by atoms with Gasteiger partial charge in [-0.25, -0.2) is 0 Å². The van der Waals surface area contributed by atoms with Crippen molar-refractivity contribution < 1.29 is 24.2 Å². The van der Waals surface area contributed by atoms with E-state index in [1.165, 1.54) is 0 Å². The smallest absolute Gasteiger partial charge is 0.186 e. The Balaban J connectivity index is 1.81. The maximum absolute atomic E-state index is 10.1. The molecule has 2 N–H and O–H groups in total. The van der Waals surface area contributed by atoms with Crippen LogP contribution in [0, 0.1) is 0 Å². The first-order valence-corrected chi connectivity index (χ1v) is 6.86. The van der Waals surface area contributed by atoms with E-state index in [4.69, 9.17) is 14.0 Å². The first-order chi connectivity index (χ1) is 10.2. The normalized spacial score (nSPS) is 28.9. The summed E-state index contributed by atoms with van der Waals surface area (Å²) in [5, 5.41) is 23.9. The molecule has 21 heavy (non-hydrogen) atoms. The van der Waals surface area contributed by atoms with E-state index in [1.54, 1.807) is 13.0 Å². The molecule has 4 atom stereocenters. The summed E-state index contributed by atoms with van der Waals surface area (Å²) < 4.78 is 16.0. The standard InChI is InChI=1S/C15H17NO5/c1-2-19-15-13(18)12(17)14(20-15)10-8-11(21-16-10)9-6-4-3-5-7-9/h3-8,12-15,17-18H,2H2,1H3/t12-,13-,14-,15-/m1/s1. The second kappa shape index (κ2) is 5.95. The average Bonchev–Trinajstić information content (AvgIpc) is 3.09. The molecule has 2 aromatic rings. The van der Waals surface area contributed by atoms with Gasteiger partial charge in [0.25, 0.3) is 0 Å². The van der Waals surface area contributed by atoms with Crippen LogP contribution in [-0.2, 0) is 9.47 Å². The van der Waals surface area contributed by atoms with Gasteiger partial charge in [0.05, 0.1) is 0 Å². The van der Waals surface area contributed by atoms with Crippen LogP contribution >= 0.6 is 0 Å². The molecule has 0 bridgehead atoms. The topological polar surface area (TPSA) is 85.0 Å². The van der Waals surface area contributed by atoms with Gasteiger partial charge in [-0.05, 0) is 6.92 Å². The van der Waals surface area contributed by atoms with Crippen molar-refractivity contribution in [3.8, 4) is 11.3 Å². The lowest BCUT2D eigenvalue weighted by Gasteiger charge is -2.13. The third-order valence-corrected chi connectivity index (χ3v) is 3.43. The summed E-state index contributed by atoms with van der Waals surface area (Å²) in [5.41, 5.74) is 1.31. The van der Waals surface area contributed by atoms with Gasteiger partial charge in [-0.3, -0.25) is 0 Å². The molecule has 1 aliphatic rings. The molecule has 6 heteroatoms. The third kappa shape index (κ3) is 2.71. The molecule has 0 amide bonds. The molecule has 3 rings (SSSR count). The van der Waals surface area contributed by atoms with Crippen LogP contribution in [0.4, 0.5) is 0 Å². The fraction of sp³-hybridized carbons (Fsp3) is 0.400. The van der Waals surface area contributed by atoms with Crippen molar-refractivity contribution in [2.24, 2.45) is 0 Å². The van der Waals surface area contributed by atoms with Crippen LogP contribution in [0.2, 0.25) is 0 Å². The van der Waals surface area contributed by atoms with Crippen LogP contribution in [0.3, 0.4) is 0 Å². The lowest BCUT2D eigenvalue weighted by atomic mass is 10.1. The van der Waals surface area contributed by atoms with Crippen molar-refractivity contribution in [3.05, 3.63) is 42.1 Å². The Hall–Kier alpha value is -1.73. The zero-order valence-corrected chi connectivity index (χ0v) is 11.5. The highest BCUT2D eigenvalue weighted by molar-refractivity contribution is 5.57. The highest BCUT2D eigenvalue weighted by atomic mass is 16.7. The van der Waals surface area contributed by atoms with E-state index in [0.29, 0.717) is 18.1 Å². The molecule has 0 unspecified atom stereocenters. The van der Waals surface area contributed by atoms with Gasteiger partial charge in [-0.2, -0.15) is 0 Å². The summed E-state index contributed by atoms with van der Waals surface area (Å²) in [6.45, 7) is 2.18. The summed E-state index contributed by atoms with van der Waals surface area (Å²) in [5.74, 6) is 0.579. The number of benzene rings is 1. The Labute approximate surface area is 121 Å². The van der Waals surface area contributed by atoms with Gasteiger partial charge in [0, 0.05) is 18.2 Å². The predicted molar refractivity (Wildman–Crippen MR) is 73.2 cm³/mol. The predicted octanol–water partition coefficient (Wildman–Crippen LogP) is 1.50. The SMILES string of the molecule is CCO[C@@H]1O[C@H](c2cc(-c3ccccc3)on2)[C@H](O)[C@H]1O. The monoisotopic (exact) mass is 291 g/mol. The zero-order valence-electron chi connectivity index (χ0n) is 11.5. The summed E-state index contributed by atoms with van der Waals surface area (Å²) in [7, 11) is 0. The number of aliphatic hydroxyl groups excluding tert-OH is 2. The van der Waals surface area contributed by atoms with Crippen LogP contribution in [0.15, 0.2) is 40.9 Å². The molecule has 2 heterocycles. The van der Waals surface area contributed by atoms with E-state index in [1.807, 2.05) is 30.3 Å². The number of hydrogen-bond acceptors (Lipinski definition) is 6. The minimum atomic E-state index is -1.10. The molecule has 1 saturated heterocycles. The Morgan fingerprint density at radius 2 is 1.95 bits per heavy atom. The largest absolute Gasteiger partial charge is 0.387 e. The van der Waals surface area contributed by atoms with Crippen LogP contribution in [-0.4, -0.2) is 40.5 Å². The Kier molecular flexibility index (Phi) is 4.03. The molecule has 0 spiro atoms. The highest BCUT2D eigenvalue weighted by Crippen LogP contribution is 2.35. The van der Waals surface area contributed by atoms with Crippen LogP contribution in [0.5, 0.6) is 0 Å². The quantitative estimate of drug-likeness (QED) is 0.888. The number of rotatable bonds is 4. The molecule has 112 valence electrons. The molecule has 1 fully saturated rings. The first kappa shape index (κ1) is 14.2. The average molecular weight is 291 g/mol. The summed E-state index contributed by atoms with van der Waals surface area (Å²) in [6, 6.07) is 11.2. The van der Waals surface area contributed by atoms with Crippen LogP contribution < -0.4 is 0 Å². The number of nitrogens with zero attached hydrogens (tertiary/aromatic N) is 1. The molecular formula is C15H17NO5. The van der Waals surface area contributed by atoms with Gasteiger partial charge in [0.15, 0.2) is 12.1 Å². The number of hydrogen-bond donors (Lipinski definition) is 2. The maximum atomic E-state index is 10.1. The minimum absolute atomic E-state index is 0.384. The lowest BCUT2D eigenvalue weighted by molar-refractivity contribution is -0.164. The van der Waals surface area contributed by atoms with Crippen molar-refractivity contribution >= 4 is 0 Å². The maximum Gasteiger partial charge on any atom is 0.186 e. The van der Waals surface area contributed by atoms with E-state index in [9.17, 15) is 10.2 Å². The van der Waals surface area contributed by atoms with Gasteiger partial charge in [-0.1, -0.05) is 35.5 Å². The molecule has 1 aromatic carbocycles. The molecule has 0 radical (unpaired) electrons. The number of aromatic nitrogens is 1. The van der Waals surface area contributed by atoms with E-state index >= 15 is 0 Å². The van der Waals surface area contributed by atoms with Crippen molar-refractivity contribution in [2.75, 3.05) is 6.61 Å². The molecule has 0 aliphatic carbocycles. The molecule has 0 saturated carbocycles. The van der Waals surface area contributed by atoms with E-state index in [0.717, 1.165) is 5.56 Å². The van der Waals surface area contributed by atoms with Crippen LogP contribution in [0.1, 0.15) is 18.7 Å². The van der Waals surface area contributed by atoms with E-state index in [2.05, 4.69) is 5.16 Å². The molecular weight excluding hydrogens is 274 g/mol. The van der Waals surface area contributed by atoms with Crippen molar-refractivity contribution in [3.63, 3.8) is 0 Å². The van der Waals surface area contributed by atoms with Crippen molar-refractivity contribution in [2.45, 2.75) is 31.5 Å². The Bertz CT molecular complexity index is 585. The van der Waals surface area contributed by atoms with Crippen molar-refractivity contribution in [1.82, 2.24) is 5.16 Å². The summed E-state index contributed by atoms with van der Waals surface area (Å²) >= 11 is 0. The third-order valence-electron chi connectivity index (χ3n) is 3.43. The van der Waals surface area contributed by atoms with E-state index in [-0.39, 0.29) is 0 Å². The van der Waals surface area contributed by atoms with Crippen molar-refractivity contribution in [1.29, 1.82) is 0 Å². The fourth-order valence-electron chi connectivity index (χ4n) is 2.35. The summed E-state index contributed by atoms with van der Waals surface area (Å²) in [6.07, 6.45) is -3.83. The fourth-order valence-corrected chi connectivity index (χ4v) is 2.35. The summed E-state index contributed by atoms with van der Waals surface area (Å²) in [4.78, 5) is 0. The molecule has 6 nitrogen and oxygen atoms in total. The molecule has 1 aromatic heterocycles. The number of ether oxygens (including phenoxy) is 2. The second-order valence-electron chi connectivity index (χ2n) is 4.84. The van der Waals surface area contributed by atoms with Gasteiger partial charge in [-0.15, -0.1) is 0 Å². The first-order valence-electron chi connectivity index (χ1n) is 6.86. The van der Waals surface area contributed by atoms with Gasteiger partial charge >= 0.3 is 0 Å². The van der Waals surface area contributed by atoms with Gasteiger partial charge in [0.1, 0.15) is 24.0 Å². The highest BCUT2D eigenvalue weighted by Gasteiger charge is 2.45. The molecule has 1 aliphatic heterocycles. The number of aliphatic hydroxyl groups is 2. The second-order valence-corrected chi connectivity index (χ2v) is 4.84. The van der Waals surface area contributed by atoms with Gasteiger partial charge < -0.3 is 24.2 Å².